The molecule has 19 heavy (non-hydrogen) atoms. The molecule has 0 heterocycles. The van der Waals surface area contributed by atoms with Crippen molar-refractivity contribution < 1.29 is 9.53 Å². The van der Waals surface area contributed by atoms with Gasteiger partial charge in [0, 0.05) is 32.7 Å². The molecule has 2 aliphatic rings. The first-order valence-electron chi connectivity index (χ1n) is 7.78. The number of hydrogen-bond donors (Lipinski definition) is 2. The zero-order chi connectivity index (χ0) is 13.5. The Balaban J connectivity index is 1.53. The van der Waals surface area contributed by atoms with E-state index in [1.807, 2.05) is 0 Å². The highest BCUT2D eigenvalue weighted by Crippen LogP contribution is 2.43. The highest BCUT2D eigenvalue weighted by atomic mass is 16.5. The summed E-state index contributed by atoms with van der Waals surface area (Å²) in [7, 11) is 1.65. The van der Waals surface area contributed by atoms with Crippen LogP contribution in [0.4, 0.5) is 0 Å². The molecule has 110 valence electrons. The van der Waals surface area contributed by atoms with E-state index >= 15 is 0 Å². The normalized spacial score (nSPS) is 27.2. The van der Waals surface area contributed by atoms with Crippen LogP contribution < -0.4 is 10.6 Å². The van der Waals surface area contributed by atoms with Gasteiger partial charge in [-0.1, -0.05) is 12.8 Å². The number of nitrogens with one attached hydrogen (secondary N) is 2. The number of rotatable bonds is 8. The lowest BCUT2D eigenvalue weighted by Gasteiger charge is -2.30. The molecule has 0 radical (unpaired) electrons. The van der Waals surface area contributed by atoms with Gasteiger partial charge >= 0.3 is 0 Å². The van der Waals surface area contributed by atoms with Crippen molar-refractivity contribution in [2.45, 2.75) is 51.0 Å². The van der Waals surface area contributed by atoms with E-state index in [0.717, 1.165) is 18.4 Å². The van der Waals surface area contributed by atoms with Gasteiger partial charge in [-0.2, -0.15) is 0 Å². The van der Waals surface area contributed by atoms with Crippen LogP contribution in [0.1, 0.15) is 44.9 Å². The molecule has 2 rings (SSSR count). The summed E-state index contributed by atoms with van der Waals surface area (Å²) in [5, 5.41) is 6.42. The Labute approximate surface area is 116 Å². The van der Waals surface area contributed by atoms with Gasteiger partial charge in [-0.05, 0) is 37.5 Å². The minimum Gasteiger partial charge on any atom is -0.383 e. The molecule has 2 N–H and O–H groups in total. The molecule has 2 saturated carbocycles. The van der Waals surface area contributed by atoms with E-state index in [1.165, 1.54) is 38.5 Å². The van der Waals surface area contributed by atoms with Crippen LogP contribution in [-0.4, -0.2) is 38.8 Å². The molecule has 0 aromatic rings. The largest absolute Gasteiger partial charge is 0.383 e. The van der Waals surface area contributed by atoms with Gasteiger partial charge in [-0.3, -0.25) is 4.79 Å². The van der Waals surface area contributed by atoms with Gasteiger partial charge in [0.2, 0.25) is 5.91 Å². The predicted octanol–water partition coefficient (Wildman–Crippen LogP) is 1.70. The Morgan fingerprint density at radius 1 is 1.16 bits per heavy atom. The predicted molar refractivity (Wildman–Crippen MR) is 76.0 cm³/mol. The summed E-state index contributed by atoms with van der Waals surface area (Å²) in [4.78, 5) is 11.5. The summed E-state index contributed by atoms with van der Waals surface area (Å²) in [5.74, 6) is 2.11. The third-order valence-electron chi connectivity index (χ3n) is 4.42. The third kappa shape index (κ3) is 5.49. The van der Waals surface area contributed by atoms with Crippen LogP contribution in [0.3, 0.4) is 0 Å². The van der Waals surface area contributed by atoms with Crippen LogP contribution in [0.25, 0.3) is 0 Å². The smallest absolute Gasteiger partial charge is 0.221 e. The number of carbonyl (C=O) groups is 1. The van der Waals surface area contributed by atoms with Crippen molar-refractivity contribution in [1.29, 1.82) is 0 Å². The van der Waals surface area contributed by atoms with E-state index in [1.54, 1.807) is 7.11 Å². The topological polar surface area (TPSA) is 50.4 Å². The summed E-state index contributed by atoms with van der Waals surface area (Å²) in [6.45, 7) is 2.01. The minimum absolute atomic E-state index is 0.124. The molecule has 0 aromatic carbocycles. The molecule has 0 saturated heterocycles. The van der Waals surface area contributed by atoms with E-state index in [-0.39, 0.29) is 5.91 Å². The highest BCUT2D eigenvalue weighted by molar-refractivity contribution is 5.76. The van der Waals surface area contributed by atoms with Gasteiger partial charge in [-0.25, -0.2) is 0 Å². The fourth-order valence-electron chi connectivity index (χ4n) is 3.18. The summed E-state index contributed by atoms with van der Waals surface area (Å²) >= 11 is 0. The maximum Gasteiger partial charge on any atom is 0.221 e. The Hall–Kier alpha value is -0.610. The van der Waals surface area contributed by atoms with Crippen LogP contribution in [-0.2, 0) is 9.53 Å². The monoisotopic (exact) mass is 268 g/mol. The molecule has 2 fully saturated rings. The maximum atomic E-state index is 11.5. The average molecular weight is 268 g/mol. The molecule has 2 atom stereocenters. The van der Waals surface area contributed by atoms with Gasteiger partial charge in [0.25, 0.3) is 0 Å². The van der Waals surface area contributed by atoms with Crippen molar-refractivity contribution in [2.75, 3.05) is 26.8 Å². The van der Waals surface area contributed by atoms with Gasteiger partial charge in [-0.15, -0.1) is 0 Å². The highest BCUT2D eigenvalue weighted by Gasteiger charge is 2.34. The van der Waals surface area contributed by atoms with Crippen molar-refractivity contribution in [1.82, 2.24) is 10.6 Å². The van der Waals surface area contributed by atoms with Crippen molar-refractivity contribution in [3.05, 3.63) is 0 Å². The first-order chi connectivity index (χ1) is 9.29. The molecule has 0 bridgehead atoms. The Kier molecular flexibility index (Phi) is 6.11. The number of amides is 1. The van der Waals surface area contributed by atoms with E-state index in [0.29, 0.717) is 25.6 Å². The van der Waals surface area contributed by atoms with Crippen molar-refractivity contribution in [2.24, 2.45) is 11.8 Å². The SMILES string of the molecule is COCCNC(=O)CCNC1CCCC(C2CC2)C1. The second-order valence-corrected chi connectivity index (χ2v) is 6.01. The van der Waals surface area contributed by atoms with Crippen LogP contribution in [0.15, 0.2) is 0 Å². The van der Waals surface area contributed by atoms with E-state index in [9.17, 15) is 4.79 Å². The summed E-state index contributed by atoms with van der Waals surface area (Å²) in [5.41, 5.74) is 0. The van der Waals surface area contributed by atoms with Gasteiger partial charge < -0.3 is 15.4 Å². The Morgan fingerprint density at radius 3 is 2.74 bits per heavy atom. The number of ether oxygens (including phenoxy) is 1. The molecular weight excluding hydrogens is 240 g/mol. The van der Waals surface area contributed by atoms with Crippen LogP contribution in [0, 0.1) is 11.8 Å². The quantitative estimate of drug-likeness (QED) is 0.659. The minimum atomic E-state index is 0.124. The Morgan fingerprint density at radius 2 is 2.00 bits per heavy atom. The zero-order valence-electron chi connectivity index (χ0n) is 12.1. The molecule has 4 nitrogen and oxygen atoms in total. The second kappa shape index (κ2) is 7.85. The lowest BCUT2D eigenvalue weighted by molar-refractivity contribution is -0.121. The van der Waals surface area contributed by atoms with E-state index in [2.05, 4.69) is 10.6 Å². The second-order valence-electron chi connectivity index (χ2n) is 6.01. The van der Waals surface area contributed by atoms with Crippen molar-refractivity contribution in [3.8, 4) is 0 Å². The molecule has 0 spiro atoms. The third-order valence-corrected chi connectivity index (χ3v) is 4.42. The van der Waals surface area contributed by atoms with Gasteiger partial charge in [0.1, 0.15) is 0 Å². The fourth-order valence-corrected chi connectivity index (χ4v) is 3.18. The molecular formula is C15H28N2O2. The molecule has 1 amide bonds. The van der Waals surface area contributed by atoms with E-state index < -0.39 is 0 Å². The van der Waals surface area contributed by atoms with Crippen molar-refractivity contribution in [3.63, 3.8) is 0 Å². The molecule has 4 heteroatoms. The number of hydrogen-bond acceptors (Lipinski definition) is 3. The summed E-state index contributed by atoms with van der Waals surface area (Å²) < 4.78 is 4.90. The van der Waals surface area contributed by atoms with E-state index in [4.69, 9.17) is 4.74 Å². The first kappa shape index (κ1) is 14.8. The van der Waals surface area contributed by atoms with Crippen LogP contribution in [0.5, 0.6) is 0 Å². The number of methoxy groups -OCH3 is 1. The molecule has 2 aliphatic carbocycles. The van der Waals surface area contributed by atoms with Gasteiger partial charge in [0.05, 0.1) is 6.61 Å². The molecule has 0 aromatic heterocycles. The molecule has 0 aliphatic heterocycles. The Bertz CT molecular complexity index is 279. The zero-order valence-corrected chi connectivity index (χ0v) is 12.1. The maximum absolute atomic E-state index is 11.5. The van der Waals surface area contributed by atoms with Gasteiger partial charge in [0.15, 0.2) is 0 Å². The van der Waals surface area contributed by atoms with Crippen LogP contribution >= 0.6 is 0 Å². The lowest BCUT2D eigenvalue weighted by atomic mass is 9.83. The fraction of sp³-hybridized carbons (Fsp3) is 0.933. The summed E-state index contributed by atoms with van der Waals surface area (Å²) in [6.07, 6.45) is 8.90. The average Bonchev–Trinajstić information content (AvgIpc) is 3.24. The van der Waals surface area contributed by atoms with Crippen LogP contribution in [0.2, 0.25) is 0 Å². The standard InChI is InChI=1S/C15H28N2O2/c1-19-10-9-17-15(18)7-8-16-14-4-2-3-13(11-14)12-5-6-12/h12-14,16H,2-11H2,1H3,(H,17,18). The van der Waals surface area contributed by atoms with Crippen molar-refractivity contribution >= 4 is 5.91 Å². The number of carbonyl (C=O) groups excluding carboxylic acids is 1. The molecule has 2 unspecified atom stereocenters. The first-order valence-corrected chi connectivity index (χ1v) is 7.78. The lowest BCUT2D eigenvalue weighted by Crippen LogP contribution is -2.37. The summed E-state index contributed by atoms with van der Waals surface area (Å²) in [6, 6.07) is 0.645.